The molecule has 0 spiro atoms. The van der Waals surface area contributed by atoms with Crippen molar-refractivity contribution in [1.29, 1.82) is 0 Å². The van der Waals surface area contributed by atoms with E-state index in [0.717, 1.165) is 0 Å². The summed E-state index contributed by atoms with van der Waals surface area (Å²) in [5.41, 5.74) is 0.597. The summed E-state index contributed by atoms with van der Waals surface area (Å²) < 4.78 is 0. The van der Waals surface area contributed by atoms with Gasteiger partial charge in [-0.05, 0) is 0 Å². The molecular formula is C5H6N2O2S. The minimum absolute atomic E-state index is 0.0736. The average Bonchev–Trinajstić information content (AvgIpc) is 2.37. The van der Waals surface area contributed by atoms with Gasteiger partial charge in [0.25, 0.3) is 0 Å². The molecule has 5 heteroatoms. The van der Waals surface area contributed by atoms with Gasteiger partial charge in [-0.3, -0.25) is 0 Å². The largest absolute Gasteiger partial charge is 0.411 e. The van der Waals surface area contributed by atoms with E-state index >= 15 is 0 Å². The van der Waals surface area contributed by atoms with Crippen LogP contribution in [0.4, 0.5) is 0 Å². The molecule has 0 saturated carbocycles. The summed E-state index contributed by atoms with van der Waals surface area (Å²) in [6.07, 6.45) is 1.23. The Morgan fingerprint density at radius 3 is 3.10 bits per heavy atom. The van der Waals surface area contributed by atoms with Crippen LogP contribution in [0.1, 0.15) is 10.7 Å². The molecule has 0 aliphatic rings. The van der Waals surface area contributed by atoms with E-state index < -0.39 is 0 Å². The first-order chi connectivity index (χ1) is 4.86. The first-order valence-electron chi connectivity index (χ1n) is 2.59. The summed E-state index contributed by atoms with van der Waals surface area (Å²) in [7, 11) is 0. The van der Waals surface area contributed by atoms with Gasteiger partial charge in [-0.2, -0.15) is 0 Å². The second-order valence-corrected chi connectivity index (χ2v) is 2.47. The molecule has 0 aromatic carbocycles. The van der Waals surface area contributed by atoms with E-state index in [1.165, 1.54) is 17.6 Å². The lowest BCUT2D eigenvalue weighted by Crippen LogP contribution is -1.83. The third-order valence-electron chi connectivity index (χ3n) is 0.900. The maximum absolute atomic E-state index is 8.56. The highest BCUT2D eigenvalue weighted by atomic mass is 32.1. The SMILES string of the molecule is OCc1csc(C=NO)n1. The van der Waals surface area contributed by atoms with Crippen LogP contribution in [-0.2, 0) is 6.61 Å². The maximum atomic E-state index is 8.56. The normalized spacial score (nSPS) is 10.9. The molecule has 1 aromatic heterocycles. The zero-order valence-corrected chi connectivity index (χ0v) is 5.88. The smallest absolute Gasteiger partial charge is 0.138 e. The Hall–Kier alpha value is -0.940. The molecule has 2 N–H and O–H groups in total. The van der Waals surface area contributed by atoms with Crippen LogP contribution in [0.3, 0.4) is 0 Å². The predicted molar refractivity (Wildman–Crippen MR) is 37.4 cm³/mol. The van der Waals surface area contributed by atoms with E-state index in [1.54, 1.807) is 5.38 Å². The molecule has 0 aliphatic carbocycles. The first-order valence-corrected chi connectivity index (χ1v) is 3.47. The third-order valence-corrected chi connectivity index (χ3v) is 1.73. The fraction of sp³-hybridized carbons (Fsp3) is 0.200. The van der Waals surface area contributed by atoms with E-state index in [-0.39, 0.29) is 6.61 Å². The van der Waals surface area contributed by atoms with Crippen molar-refractivity contribution < 1.29 is 10.3 Å². The zero-order chi connectivity index (χ0) is 7.40. The Balaban J connectivity index is 2.78. The molecular weight excluding hydrogens is 152 g/mol. The van der Waals surface area contributed by atoms with Gasteiger partial charge in [0.05, 0.1) is 12.3 Å². The van der Waals surface area contributed by atoms with Crippen LogP contribution in [0.2, 0.25) is 0 Å². The number of rotatable bonds is 2. The fourth-order valence-electron chi connectivity index (χ4n) is 0.504. The maximum Gasteiger partial charge on any atom is 0.138 e. The van der Waals surface area contributed by atoms with Gasteiger partial charge in [0.2, 0.25) is 0 Å². The lowest BCUT2D eigenvalue weighted by atomic mass is 10.5. The molecule has 0 fully saturated rings. The van der Waals surface area contributed by atoms with Crippen LogP contribution in [0.5, 0.6) is 0 Å². The van der Waals surface area contributed by atoms with Crippen molar-refractivity contribution >= 4 is 17.6 Å². The highest BCUT2D eigenvalue weighted by Crippen LogP contribution is 2.06. The van der Waals surface area contributed by atoms with Crippen LogP contribution in [0.25, 0.3) is 0 Å². The van der Waals surface area contributed by atoms with Gasteiger partial charge < -0.3 is 10.3 Å². The van der Waals surface area contributed by atoms with Crippen molar-refractivity contribution in [2.45, 2.75) is 6.61 Å². The van der Waals surface area contributed by atoms with Gasteiger partial charge >= 0.3 is 0 Å². The van der Waals surface area contributed by atoms with E-state index in [9.17, 15) is 0 Å². The number of hydrogen-bond donors (Lipinski definition) is 2. The highest BCUT2D eigenvalue weighted by molar-refractivity contribution is 7.11. The average molecular weight is 158 g/mol. The zero-order valence-electron chi connectivity index (χ0n) is 5.06. The molecule has 0 aliphatic heterocycles. The number of aliphatic hydroxyl groups excluding tert-OH is 1. The Bertz CT molecular complexity index is 233. The summed E-state index contributed by atoms with van der Waals surface area (Å²) in [5, 5.41) is 21.7. The minimum Gasteiger partial charge on any atom is -0.411 e. The molecule has 0 unspecified atom stereocenters. The Labute approximate surface area is 61.5 Å². The summed E-state index contributed by atoms with van der Waals surface area (Å²) in [6, 6.07) is 0. The lowest BCUT2D eigenvalue weighted by molar-refractivity contribution is 0.277. The van der Waals surface area contributed by atoms with Crippen molar-refractivity contribution in [2.75, 3.05) is 0 Å². The van der Waals surface area contributed by atoms with Gasteiger partial charge in [-0.25, -0.2) is 4.98 Å². The highest BCUT2D eigenvalue weighted by Gasteiger charge is 1.96. The van der Waals surface area contributed by atoms with Crippen molar-refractivity contribution in [2.24, 2.45) is 5.16 Å². The van der Waals surface area contributed by atoms with E-state index in [2.05, 4.69) is 10.1 Å². The lowest BCUT2D eigenvalue weighted by Gasteiger charge is -1.80. The monoisotopic (exact) mass is 158 g/mol. The molecule has 1 heterocycles. The molecule has 1 aromatic rings. The number of thiazole rings is 1. The molecule has 54 valence electrons. The van der Waals surface area contributed by atoms with Gasteiger partial charge in [0.15, 0.2) is 0 Å². The molecule has 4 nitrogen and oxygen atoms in total. The topological polar surface area (TPSA) is 65.7 Å². The van der Waals surface area contributed by atoms with Crippen molar-refractivity contribution in [3.63, 3.8) is 0 Å². The molecule has 0 saturated heterocycles. The first kappa shape index (κ1) is 7.17. The minimum atomic E-state index is -0.0736. The van der Waals surface area contributed by atoms with Crippen LogP contribution in [0.15, 0.2) is 10.5 Å². The summed E-state index contributed by atoms with van der Waals surface area (Å²) >= 11 is 1.32. The summed E-state index contributed by atoms with van der Waals surface area (Å²) in [4.78, 5) is 3.88. The molecule has 10 heavy (non-hydrogen) atoms. The van der Waals surface area contributed by atoms with Gasteiger partial charge in [0, 0.05) is 5.38 Å². The molecule has 0 radical (unpaired) electrons. The number of hydrogen-bond acceptors (Lipinski definition) is 5. The molecule has 0 atom stereocenters. The number of oxime groups is 1. The molecule has 0 bridgehead atoms. The van der Waals surface area contributed by atoms with E-state index in [0.29, 0.717) is 10.7 Å². The number of aromatic nitrogens is 1. The standard InChI is InChI=1S/C5H6N2O2S/c8-2-4-3-10-5(7-4)1-6-9/h1,3,8-9H,2H2. The Morgan fingerprint density at radius 1 is 1.80 bits per heavy atom. The van der Waals surface area contributed by atoms with Gasteiger partial charge in [-0.15, -0.1) is 11.3 Å². The van der Waals surface area contributed by atoms with Crippen LogP contribution < -0.4 is 0 Å². The second-order valence-electron chi connectivity index (χ2n) is 1.58. The molecule has 0 amide bonds. The summed E-state index contributed by atoms with van der Waals surface area (Å²) in [6.45, 7) is -0.0736. The van der Waals surface area contributed by atoms with Crippen LogP contribution in [-0.4, -0.2) is 21.5 Å². The van der Waals surface area contributed by atoms with Gasteiger partial charge in [-0.1, -0.05) is 5.16 Å². The van der Waals surface area contributed by atoms with Crippen LogP contribution in [0, 0.1) is 0 Å². The van der Waals surface area contributed by atoms with Crippen molar-refractivity contribution in [3.05, 3.63) is 16.1 Å². The van der Waals surface area contributed by atoms with Crippen molar-refractivity contribution in [1.82, 2.24) is 4.98 Å². The van der Waals surface area contributed by atoms with Gasteiger partial charge in [0.1, 0.15) is 11.2 Å². The number of nitrogens with zero attached hydrogens (tertiary/aromatic N) is 2. The molecule has 1 rings (SSSR count). The van der Waals surface area contributed by atoms with Crippen molar-refractivity contribution in [3.8, 4) is 0 Å². The fourth-order valence-corrected chi connectivity index (χ4v) is 1.17. The van der Waals surface area contributed by atoms with E-state index in [4.69, 9.17) is 10.3 Å². The van der Waals surface area contributed by atoms with E-state index in [1.807, 2.05) is 0 Å². The van der Waals surface area contributed by atoms with Crippen LogP contribution >= 0.6 is 11.3 Å². The Morgan fingerprint density at radius 2 is 2.60 bits per heavy atom. The number of aliphatic hydroxyl groups is 1. The summed E-state index contributed by atoms with van der Waals surface area (Å²) in [5.74, 6) is 0. The quantitative estimate of drug-likeness (QED) is 0.373. The predicted octanol–water partition coefficient (Wildman–Crippen LogP) is 0.444. The Kier molecular flexibility index (Phi) is 2.35. The second kappa shape index (κ2) is 3.28. The third kappa shape index (κ3) is 1.52.